The van der Waals surface area contributed by atoms with Crippen LogP contribution in [-0.2, 0) is 9.53 Å². The minimum atomic E-state index is -0.00838. The summed E-state index contributed by atoms with van der Waals surface area (Å²) in [6.07, 6.45) is 11.3. The van der Waals surface area contributed by atoms with E-state index in [0.29, 0.717) is 31.9 Å². The topological polar surface area (TPSA) is 29.5 Å². The van der Waals surface area contributed by atoms with Crippen LogP contribution in [0, 0.1) is 12.3 Å². The highest BCUT2D eigenvalue weighted by Crippen LogP contribution is 2.07. The summed E-state index contributed by atoms with van der Waals surface area (Å²) < 4.78 is 5.20. The average Bonchev–Trinajstić information content (AvgIpc) is 2.35. The number of carbonyl (C=O) groups is 1. The lowest BCUT2D eigenvalue weighted by molar-refractivity contribution is -0.130. The molecule has 1 aliphatic rings. The van der Waals surface area contributed by atoms with E-state index in [-0.39, 0.29) is 5.91 Å². The van der Waals surface area contributed by atoms with Crippen LogP contribution in [-0.4, -0.2) is 37.1 Å². The summed E-state index contributed by atoms with van der Waals surface area (Å²) in [5.74, 6) is 2.40. The first-order chi connectivity index (χ1) is 7.79. The average molecular weight is 219 g/mol. The predicted octanol–water partition coefficient (Wildman–Crippen LogP) is 1.37. The third kappa shape index (κ3) is 3.56. The first-order valence-electron chi connectivity index (χ1n) is 5.49. The van der Waals surface area contributed by atoms with E-state index in [1.807, 2.05) is 13.0 Å². The number of amides is 1. The molecule has 1 saturated heterocycles. The number of hydrogen-bond acceptors (Lipinski definition) is 2. The van der Waals surface area contributed by atoms with Crippen LogP contribution in [0.4, 0.5) is 0 Å². The molecule has 1 heterocycles. The summed E-state index contributed by atoms with van der Waals surface area (Å²) >= 11 is 0. The van der Waals surface area contributed by atoms with Gasteiger partial charge in [0.25, 0.3) is 5.91 Å². The van der Waals surface area contributed by atoms with Crippen molar-refractivity contribution in [1.29, 1.82) is 0 Å². The van der Waals surface area contributed by atoms with Gasteiger partial charge >= 0.3 is 0 Å². The first kappa shape index (κ1) is 12.5. The van der Waals surface area contributed by atoms with Crippen molar-refractivity contribution >= 4 is 5.91 Å². The molecule has 86 valence electrons. The van der Waals surface area contributed by atoms with Crippen LogP contribution in [0.2, 0.25) is 0 Å². The van der Waals surface area contributed by atoms with Crippen molar-refractivity contribution in [3.05, 3.63) is 23.8 Å². The number of nitrogens with zero attached hydrogens (tertiary/aromatic N) is 1. The molecular formula is C13H17NO2. The van der Waals surface area contributed by atoms with E-state index >= 15 is 0 Å². The van der Waals surface area contributed by atoms with Gasteiger partial charge in [-0.25, -0.2) is 0 Å². The number of morpholine rings is 1. The Kier molecular flexibility index (Phi) is 5.38. The maximum Gasteiger partial charge on any atom is 0.254 e. The van der Waals surface area contributed by atoms with Gasteiger partial charge in [-0.15, -0.1) is 6.42 Å². The highest BCUT2D eigenvalue weighted by molar-refractivity contribution is 5.96. The van der Waals surface area contributed by atoms with Crippen LogP contribution >= 0.6 is 0 Å². The SMILES string of the molecule is C#C/C=C(\C=C/CC)C(=O)N1CCOCC1. The molecular weight excluding hydrogens is 202 g/mol. The zero-order valence-electron chi connectivity index (χ0n) is 9.61. The number of hydrogen-bond donors (Lipinski definition) is 0. The lowest BCUT2D eigenvalue weighted by Gasteiger charge is -2.27. The molecule has 1 fully saturated rings. The Labute approximate surface area is 96.8 Å². The van der Waals surface area contributed by atoms with Crippen molar-refractivity contribution in [3.63, 3.8) is 0 Å². The molecule has 1 rings (SSSR count). The largest absolute Gasteiger partial charge is 0.378 e. The second-order valence-electron chi connectivity index (χ2n) is 3.48. The fourth-order valence-electron chi connectivity index (χ4n) is 1.46. The summed E-state index contributed by atoms with van der Waals surface area (Å²) in [5, 5.41) is 0. The van der Waals surface area contributed by atoms with E-state index < -0.39 is 0 Å². The van der Waals surface area contributed by atoms with Crippen molar-refractivity contribution in [3.8, 4) is 12.3 Å². The monoisotopic (exact) mass is 219 g/mol. The Morgan fingerprint density at radius 3 is 2.75 bits per heavy atom. The third-order valence-corrected chi connectivity index (χ3v) is 2.32. The van der Waals surface area contributed by atoms with Gasteiger partial charge in [0.15, 0.2) is 0 Å². The molecule has 1 aliphatic heterocycles. The zero-order chi connectivity index (χ0) is 11.8. The first-order valence-corrected chi connectivity index (χ1v) is 5.49. The molecule has 3 nitrogen and oxygen atoms in total. The van der Waals surface area contributed by atoms with Crippen LogP contribution in [0.5, 0.6) is 0 Å². The van der Waals surface area contributed by atoms with Crippen molar-refractivity contribution in [2.75, 3.05) is 26.3 Å². The number of allylic oxidation sites excluding steroid dienone is 2. The van der Waals surface area contributed by atoms with Gasteiger partial charge in [-0.05, 0) is 6.42 Å². The number of terminal acetylenes is 1. The number of carbonyl (C=O) groups excluding carboxylic acids is 1. The fraction of sp³-hybridized carbons (Fsp3) is 0.462. The van der Waals surface area contributed by atoms with Crippen LogP contribution in [0.3, 0.4) is 0 Å². The van der Waals surface area contributed by atoms with Crippen molar-refractivity contribution < 1.29 is 9.53 Å². The minimum absolute atomic E-state index is 0.00838. The van der Waals surface area contributed by atoms with E-state index in [1.165, 1.54) is 6.08 Å². The van der Waals surface area contributed by atoms with Crippen molar-refractivity contribution in [1.82, 2.24) is 4.90 Å². The Morgan fingerprint density at radius 1 is 1.50 bits per heavy atom. The molecule has 0 unspecified atom stereocenters. The maximum absolute atomic E-state index is 12.0. The van der Waals surface area contributed by atoms with Gasteiger partial charge in [-0.1, -0.05) is 25.0 Å². The summed E-state index contributed by atoms with van der Waals surface area (Å²) in [6, 6.07) is 0. The van der Waals surface area contributed by atoms with Gasteiger partial charge in [0, 0.05) is 24.7 Å². The fourth-order valence-corrected chi connectivity index (χ4v) is 1.46. The predicted molar refractivity (Wildman–Crippen MR) is 63.7 cm³/mol. The Hall–Kier alpha value is -1.53. The van der Waals surface area contributed by atoms with Crippen LogP contribution < -0.4 is 0 Å². The van der Waals surface area contributed by atoms with Crippen LogP contribution in [0.1, 0.15) is 13.3 Å². The molecule has 0 aromatic heterocycles. The van der Waals surface area contributed by atoms with Crippen LogP contribution in [0.25, 0.3) is 0 Å². The minimum Gasteiger partial charge on any atom is -0.378 e. The van der Waals surface area contributed by atoms with Gasteiger partial charge in [-0.2, -0.15) is 0 Å². The van der Waals surface area contributed by atoms with Crippen LogP contribution in [0.15, 0.2) is 23.8 Å². The molecule has 3 heteroatoms. The van der Waals surface area contributed by atoms with E-state index in [4.69, 9.17) is 11.2 Å². The Balaban J connectivity index is 2.71. The summed E-state index contributed by atoms with van der Waals surface area (Å²) in [4.78, 5) is 13.8. The summed E-state index contributed by atoms with van der Waals surface area (Å²) in [6.45, 7) is 4.50. The smallest absolute Gasteiger partial charge is 0.254 e. The van der Waals surface area contributed by atoms with Gasteiger partial charge in [0.2, 0.25) is 0 Å². The standard InChI is InChI=1S/C13H17NO2/c1-3-5-7-12(6-4-2)13(15)14-8-10-16-11-9-14/h2,5-7H,3,8-11H2,1H3/b7-5-,12-6+. The van der Waals surface area contributed by atoms with Gasteiger partial charge in [0.1, 0.15) is 0 Å². The second-order valence-corrected chi connectivity index (χ2v) is 3.48. The molecule has 0 radical (unpaired) electrons. The van der Waals surface area contributed by atoms with Gasteiger partial charge < -0.3 is 9.64 Å². The molecule has 0 saturated carbocycles. The number of ether oxygens (including phenoxy) is 1. The third-order valence-electron chi connectivity index (χ3n) is 2.32. The lowest BCUT2D eigenvalue weighted by Crippen LogP contribution is -2.41. The zero-order valence-corrected chi connectivity index (χ0v) is 9.61. The molecule has 0 aliphatic carbocycles. The quantitative estimate of drug-likeness (QED) is 0.407. The molecule has 0 aromatic rings. The second kappa shape index (κ2) is 6.86. The highest BCUT2D eigenvalue weighted by Gasteiger charge is 2.18. The molecule has 0 bridgehead atoms. The summed E-state index contributed by atoms with van der Waals surface area (Å²) in [7, 11) is 0. The highest BCUT2D eigenvalue weighted by atomic mass is 16.5. The van der Waals surface area contributed by atoms with Crippen molar-refractivity contribution in [2.24, 2.45) is 0 Å². The maximum atomic E-state index is 12.0. The molecule has 0 atom stereocenters. The Morgan fingerprint density at radius 2 is 2.19 bits per heavy atom. The molecule has 1 amide bonds. The van der Waals surface area contributed by atoms with E-state index in [9.17, 15) is 4.79 Å². The Bertz CT molecular complexity index is 330. The molecule has 0 aromatic carbocycles. The molecule has 0 N–H and O–H groups in total. The normalized spacial score (nSPS) is 17.5. The molecule has 16 heavy (non-hydrogen) atoms. The van der Waals surface area contributed by atoms with E-state index in [0.717, 1.165) is 6.42 Å². The molecule has 0 spiro atoms. The lowest BCUT2D eigenvalue weighted by atomic mass is 10.2. The number of rotatable bonds is 3. The van der Waals surface area contributed by atoms with E-state index in [1.54, 1.807) is 11.0 Å². The van der Waals surface area contributed by atoms with Gasteiger partial charge in [0.05, 0.1) is 13.2 Å². The van der Waals surface area contributed by atoms with Crippen molar-refractivity contribution in [2.45, 2.75) is 13.3 Å². The van der Waals surface area contributed by atoms with Gasteiger partial charge in [-0.3, -0.25) is 4.79 Å². The summed E-state index contributed by atoms with van der Waals surface area (Å²) in [5.41, 5.74) is 0.575. The van der Waals surface area contributed by atoms with E-state index in [2.05, 4.69) is 5.92 Å².